The lowest BCUT2D eigenvalue weighted by Crippen LogP contribution is -2.09. The molecular formula is C11H14N2O. The van der Waals surface area contributed by atoms with Crippen LogP contribution in [0.1, 0.15) is 26.5 Å². The molecule has 3 heteroatoms. The second-order valence-corrected chi connectivity index (χ2v) is 4.54. The third-order valence-corrected chi connectivity index (χ3v) is 2.18. The zero-order chi connectivity index (χ0) is 10.3. The second-order valence-electron chi connectivity index (χ2n) is 4.54. The number of benzene rings is 1. The van der Waals surface area contributed by atoms with Gasteiger partial charge in [-0.2, -0.15) is 0 Å². The van der Waals surface area contributed by atoms with Gasteiger partial charge in [0, 0.05) is 16.5 Å². The number of nitrogen functional groups attached to an aromatic ring is 1. The van der Waals surface area contributed by atoms with Gasteiger partial charge in [-0.15, -0.1) is 0 Å². The molecule has 3 nitrogen and oxygen atoms in total. The van der Waals surface area contributed by atoms with Crippen molar-refractivity contribution in [3.8, 4) is 0 Å². The topological polar surface area (TPSA) is 52.0 Å². The molecule has 0 aliphatic heterocycles. The maximum Gasteiger partial charge on any atom is 0.149 e. The molecule has 0 radical (unpaired) electrons. The zero-order valence-corrected chi connectivity index (χ0v) is 8.66. The largest absolute Gasteiger partial charge is 0.399 e. The minimum atomic E-state index is -0.0230. The van der Waals surface area contributed by atoms with E-state index in [1.165, 1.54) is 0 Å². The molecule has 0 aliphatic carbocycles. The van der Waals surface area contributed by atoms with Crippen LogP contribution >= 0.6 is 0 Å². The molecule has 0 unspecified atom stereocenters. The van der Waals surface area contributed by atoms with Gasteiger partial charge in [0.15, 0.2) is 0 Å². The average Bonchev–Trinajstić information content (AvgIpc) is 2.45. The summed E-state index contributed by atoms with van der Waals surface area (Å²) in [7, 11) is 0. The van der Waals surface area contributed by atoms with Crippen molar-refractivity contribution in [1.82, 2.24) is 5.16 Å². The highest BCUT2D eigenvalue weighted by molar-refractivity contribution is 5.84. The molecule has 0 amide bonds. The first kappa shape index (κ1) is 9.06. The van der Waals surface area contributed by atoms with Gasteiger partial charge in [0.1, 0.15) is 11.3 Å². The monoisotopic (exact) mass is 190 g/mol. The smallest absolute Gasteiger partial charge is 0.149 e. The van der Waals surface area contributed by atoms with Gasteiger partial charge >= 0.3 is 0 Å². The van der Waals surface area contributed by atoms with Gasteiger partial charge in [-0.25, -0.2) is 0 Å². The maximum atomic E-state index is 5.66. The summed E-state index contributed by atoms with van der Waals surface area (Å²) in [5.74, 6) is 0.910. The Bertz CT molecular complexity index is 466. The molecule has 2 rings (SSSR count). The van der Waals surface area contributed by atoms with Gasteiger partial charge in [-0.3, -0.25) is 0 Å². The number of hydrogen-bond acceptors (Lipinski definition) is 3. The molecule has 0 bridgehead atoms. The van der Waals surface area contributed by atoms with Crippen LogP contribution in [0.4, 0.5) is 5.69 Å². The van der Waals surface area contributed by atoms with Gasteiger partial charge in [0.25, 0.3) is 0 Å². The van der Waals surface area contributed by atoms with E-state index in [9.17, 15) is 0 Å². The first-order valence-corrected chi connectivity index (χ1v) is 4.64. The Labute approximate surface area is 82.9 Å². The fourth-order valence-electron chi connectivity index (χ4n) is 1.50. The lowest BCUT2D eigenvalue weighted by Gasteiger charge is -2.13. The van der Waals surface area contributed by atoms with Crippen molar-refractivity contribution < 1.29 is 4.52 Å². The molecule has 0 aliphatic rings. The molecule has 1 aromatic carbocycles. The highest BCUT2D eigenvalue weighted by atomic mass is 16.5. The van der Waals surface area contributed by atoms with E-state index in [-0.39, 0.29) is 5.41 Å². The van der Waals surface area contributed by atoms with Crippen molar-refractivity contribution in [3.63, 3.8) is 0 Å². The van der Waals surface area contributed by atoms with Crippen LogP contribution in [0.15, 0.2) is 22.7 Å². The number of aromatic nitrogens is 1. The number of nitrogens with zero attached hydrogens (tertiary/aromatic N) is 1. The molecule has 74 valence electrons. The number of hydrogen-bond donors (Lipinski definition) is 1. The van der Waals surface area contributed by atoms with Crippen LogP contribution in [0, 0.1) is 0 Å². The van der Waals surface area contributed by atoms with Gasteiger partial charge in [0.2, 0.25) is 0 Å². The van der Waals surface area contributed by atoms with Crippen LogP contribution in [-0.2, 0) is 5.41 Å². The van der Waals surface area contributed by atoms with Crippen molar-refractivity contribution in [2.24, 2.45) is 0 Å². The van der Waals surface area contributed by atoms with Crippen molar-refractivity contribution in [3.05, 3.63) is 24.0 Å². The van der Waals surface area contributed by atoms with Crippen LogP contribution in [0.2, 0.25) is 0 Å². The fourth-order valence-corrected chi connectivity index (χ4v) is 1.50. The Morgan fingerprint density at radius 2 is 2.00 bits per heavy atom. The van der Waals surface area contributed by atoms with E-state index in [0.717, 1.165) is 16.7 Å². The molecule has 1 aromatic heterocycles. The lowest BCUT2D eigenvalue weighted by atomic mass is 9.91. The molecule has 0 saturated carbocycles. The molecule has 2 N–H and O–H groups in total. The summed E-state index contributed by atoms with van der Waals surface area (Å²) in [6, 6.07) is 5.66. The van der Waals surface area contributed by atoms with Crippen LogP contribution in [0.5, 0.6) is 0 Å². The Kier molecular flexibility index (Phi) is 1.77. The highest BCUT2D eigenvalue weighted by Gasteiger charge is 2.22. The predicted molar refractivity (Wildman–Crippen MR) is 57.1 cm³/mol. The van der Waals surface area contributed by atoms with Gasteiger partial charge < -0.3 is 10.3 Å². The van der Waals surface area contributed by atoms with E-state index in [4.69, 9.17) is 10.3 Å². The second kappa shape index (κ2) is 2.74. The SMILES string of the molecule is CC(C)(C)c1onc2cc(N)ccc12. The third-order valence-electron chi connectivity index (χ3n) is 2.18. The van der Waals surface area contributed by atoms with Crippen molar-refractivity contribution in [2.75, 3.05) is 5.73 Å². The average molecular weight is 190 g/mol. The van der Waals surface area contributed by atoms with E-state index in [1.54, 1.807) is 0 Å². The van der Waals surface area contributed by atoms with E-state index < -0.39 is 0 Å². The fraction of sp³-hybridized carbons (Fsp3) is 0.364. The standard InChI is InChI=1S/C11H14N2O/c1-11(2,3)10-8-5-4-7(12)6-9(8)13-14-10/h4-6H,12H2,1-3H3. The van der Waals surface area contributed by atoms with Gasteiger partial charge in [-0.05, 0) is 18.2 Å². The lowest BCUT2D eigenvalue weighted by molar-refractivity contribution is 0.336. The Balaban J connectivity index is 2.70. The summed E-state index contributed by atoms with van der Waals surface area (Å²) in [5.41, 5.74) is 7.18. The van der Waals surface area contributed by atoms with E-state index in [0.29, 0.717) is 5.69 Å². The van der Waals surface area contributed by atoms with E-state index in [2.05, 4.69) is 25.9 Å². The third kappa shape index (κ3) is 1.35. The summed E-state index contributed by atoms with van der Waals surface area (Å²) in [6.45, 7) is 6.30. The molecule has 0 fully saturated rings. The van der Waals surface area contributed by atoms with Crippen molar-refractivity contribution in [1.29, 1.82) is 0 Å². The minimum absolute atomic E-state index is 0.0230. The molecule has 2 aromatic rings. The molecule has 0 spiro atoms. The summed E-state index contributed by atoms with van der Waals surface area (Å²) in [4.78, 5) is 0. The predicted octanol–water partition coefficient (Wildman–Crippen LogP) is 2.71. The van der Waals surface area contributed by atoms with Crippen LogP contribution in [-0.4, -0.2) is 5.16 Å². The van der Waals surface area contributed by atoms with E-state index >= 15 is 0 Å². The summed E-state index contributed by atoms with van der Waals surface area (Å²) < 4.78 is 5.33. The Morgan fingerprint density at radius 1 is 1.29 bits per heavy atom. The summed E-state index contributed by atoms with van der Waals surface area (Å²) >= 11 is 0. The highest BCUT2D eigenvalue weighted by Crippen LogP contribution is 2.30. The first-order valence-electron chi connectivity index (χ1n) is 4.64. The number of anilines is 1. The van der Waals surface area contributed by atoms with Gasteiger partial charge in [0.05, 0.1) is 0 Å². The normalized spacial score (nSPS) is 12.2. The van der Waals surface area contributed by atoms with Crippen LogP contribution < -0.4 is 5.73 Å². The quantitative estimate of drug-likeness (QED) is 0.650. The zero-order valence-electron chi connectivity index (χ0n) is 8.66. The number of rotatable bonds is 0. The Morgan fingerprint density at radius 3 is 2.64 bits per heavy atom. The molecule has 0 saturated heterocycles. The summed E-state index contributed by atoms with van der Waals surface area (Å²) in [6.07, 6.45) is 0. The molecular weight excluding hydrogens is 176 g/mol. The maximum absolute atomic E-state index is 5.66. The summed E-state index contributed by atoms with van der Waals surface area (Å²) in [5, 5.41) is 5.04. The number of nitrogens with two attached hydrogens (primary N) is 1. The first-order chi connectivity index (χ1) is 6.48. The molecule has 14 heavy (non-hydrogen) atoms. The van der Waals surface area contributed by atoms with Crippen LogP contribution in [0.25, 0.3) is 10.9 Å². The molecule has 0 atom stereocenters. The van der Waals surface area contributed by atoms with Crippen molar-refractivity contribution >= 4 is 16.6 Å². The minimum Gasteiger partial charge on any atom is -0.399 e. The van der Waals surface area contributed by atoms with Gasteiger partial charge in [-0.1, -0.05) is 25.9 Å². The van der Waals surface area contributed by atoms with Crippen LogP contribution in [0.3, 0.4) is 0 Å². The Hall–Kier alpha value is -1.51. The van der Waals surface area contributed by atoms with Crippen molar-refractivity contribution in [2.45, 2.75) is 26.2 Å². The number of fused-ring (bicyclic) bond motifs is 1. The molecule has 1 heterocycles. The van der Waals surface area contributed by atoms with E-state index in [1.807, 2.05) is 18.2 Å².